The first-order valence-electron chi connectivity index (χ1n) is 16.2. The van der Waals surface area contributed by atoms with Crippen LogP contribution in [0.1, 0.15) is 51.9 Å². The van der Waals surface area contributed by atoms with Gasteiger partial charge < -0.3 is 52.1 Å². The Kier molecular flexibility index (Phi) is 38.4. The average Bonchev–Trinajstić information content (AvgIpc) is 3.03. The molecule has 12 heteroatoms. The van der Waals surface area contributed by atoms with Crippen LogP contribution in [-0.2, 0) is 56.9 Å². The molecular weight excluding hydrogens is 576 g/mol. The number of carbonyl (C=O) groups is 1. The summed E-state index contributed by atoms with van der Waals surface area (Å²) in [5.74, 6) is 2.25. The Bertz CT molecular complexity index is 602. The fourth-order valence-corrected chi connectivity index (χ4v) is 3.45. The quantitative estimate of drug-likeness (QED) is 0.0563. The molecule has 0 N–H and O–H groups in total. The van der Waals surface area contributed by atoms with Crippen LogP contribution in [0, 0.1) is 12.3 Å². The number of hydrogen-bond acceptors (Lipinski definition) is 12. The predicted molar refractivity (Wildman–Crippen MR) is 166 cm³/mol. The minimum Gasteiger partial charge on any atom is -0.463 e. The van der Waals surface area contributed by atoms with Gasteiger partial charge in [-0.3, -0.25) is 4.79 Å². The van der Waals surface area contributed by atoms with E-state index in [9.17, 15) is 4.79 Å². The van der Waals surface area contributed by atoms with Crippen LogP contribution in [0.2, 0.25) is 0 Å². The average molecular weight is 637 g/mol. The van der Waals surface area contributed by atoms with Gasteiger partial charge in [0.2, 0.25) is 0 Å². The third kappa shape index (κ3) is 38.7. The van der Waals surface area contributed by atoms with E-state index in [0.29, 0.717) is 139 Å². The van der Waals surface area contributed by atoms with Crippen molar-refractivity contribution >= 4 is 5.97 Å². The molecule has 0 aliphatic rings. The van der Waals surface area contributed by atoms with Crippen molar-refractivity contribution in [1.82, 2.24) is 0 Å². The zero-order valence-corrected chi connectivity index (χ0v) is 27.3. The molecule has 0 bridgehead atoms. The summed E-state index contributed by atoms with van der Waals surface area (Å²) in [6.45, 7) is 12.1. The van der Waals surface area contributed by atoms with E-state index in [1.54, 1.807) is 0 Å². The molecule has 44 heavy (non-hydrogen) atoms. The Labute approximate surface area is 265 Å². The first kappa shape index (κ1) is 42.6. The summed E-state index contributed by atoms with van der Waals surface area (Å²) in [5.41, 5.74) is 0. The number of terminal acetylenes is 1. The van der Waals surface area contributed by atoms with Crippen molar-refractivity contribution in [2.24, 2.45) is 0 Å². The summed E-state index contributed by atoms with van der Waals surface area (Å²) >= 11 is 0. The Hall–Kier alpha value is -1.37. The van der Waals surface area contributed by atoms with Crippen LogP contribution in [0.5, 0.6) is 0 Å². The first-order chi connectivity index (χ1) is 21.8. The molecule has 0 heterocycles. The Morgan fingerprint density at radius 1 is 0.432 bits per heavy atom. The van der Waals surface area contributed by atoms with Gasteiger partial charge in [0.25, 0.3) is 0 Å². The topological polar surface area (TPSA) is 119 Å². The van der Waals surface area contributed by atoms with Crippen LogP contribution < -0.4 is 0 Å². The fourth-order valence-electron chi connectivity index (χ4n) is 3.45. The molecule has 0 rings (SSSR count). The molecule has 0 aromatic carbocycles. The molecule has 260 valence electrons. The normalized spacial score (nSPS) is 11.2. The largest absolute Gasteiger partial charge is 0.463 e. The summed E-state index contributed by atoms with van der Waals surface area (Å²) in [6.07, 6.45) is 12.5. The molecule has 0 spiro atoms. The highest BCUT2D eigenvalue weighted by Crippen LogP contribution is 2.07. The summed E-state index contributed by atoms with van der Waals surface area (Å²) in [5, 5.41) is 0. The van der Waals surface area contributed by atoms with E-state index in [1.807, 2.05) is 0 Å². The van der Waals surface area contributed by atoms with E-state index in [0.717, 1.165) is 12.8 Å². The zero-order chi connectivity index (χ0) is 31.9. The van der Waals surface area contributed by atoms with E-state index in [1.165, 1.54) is 25.7 Å². The van der Waals surface area contributed by atoms with Gasteiger partial charge in [-0.25, -0.2) is 0 Å². The second-order valence-corrected chi connectivity index (χ2v) is 9.51. The summed E-state index contributed by atoms with van der Waals surface area (Å²) in [6, 6.07) is 0. The maximum Gasteiger partial charge on any atom is 0.305 e. The molecule has 0 aliphatic heterocycles. The van der Waals surface area contributed by atoms with Crippen LogP contribution in [0.25, 0.3) is 0 Å². The molecular formula is C32H60O12. The van der Waals surface area contributed by atoms with Gasteiger partial charge in [0.05, 0.1) is 126 Å². The van der Waals surface area contributed by atoms with E-state index >= 15 is 0 Å². The first-order valence-corrected chi connectivity index (χ1v) is 16.2. The third-order valence-electron chi connectivity index (χ3n) is 5.76. The minimum absolute atomic E-state index is 0.144. The lowest BCUT2D eigenvalue weighted by Gasteiger charge is -2.09. The number of ether oxygens (including phenoxy) is 11. The van der Waals surface area contributed by atoms with Crippen LogP contribution in [-0.4, -0.2) is 145 Å². The number of hydrogen-bond donors (Lipinski definition) is 0. The van der Waals surface area contributed by atoms with Gasteiger partial charge in [-0.2, -0.15) is 0 Å². The van der Waals surface area contributed by atoms with Crippen LogP contribution in [0.3, 0.4) is 0 Å². The lowest BCUT2D eigenvalue weighted by molar-refractivity contribution is -0.145. The standard InChI is InChI=1S/C32H60O12/c1-3-5-6-7-8-9-10-32(33)44-31-30-43-29-28-42-27-26-41-25-24-40-23-22-39-21-20-38-19-18-37-17-16-36-15-14-35-13-12-34-11-4-2/h2H,3,5-31H2,1H3. The van der Waals surface area contributed by atoms with Crippen molar-refractivity contribution in [3.63, 3.8) is 0 Å². The minimum atomic E-state index is -0.144. The molecule has 0 saturated heterocycles. The van der Waals surface area contributed by atoms with Crippen molar-refractivity contribution < 1.29 is 56.9 Å². The Morgan fingerprint density at radius 3 is 1.07 bits per heavy atom. The Morgan fingerprint density at radius 2 is 0.727 bits per heavy atom. The zero-order valence-electron chi connectivity index (χ0n) is 27.3. The highest BCUT2D eigenvalue weighted by atomic mass is 16.6. The number of carbonyl (C=O) groups excluding carboxylic acids is 1. The van der Waals surface area contributed by atoms with Crippen LogP contribution in [0.4, 0.5) is 0 Å². The second kappa shape index (κ2) is 39.7. The maximum absolute atomic E-state index is 11.6. The van der Waals surface area contributed by atoms with Gasteiger partial charge in [-0.15, -0.1) is 6.42 Å². The van der Waals surface area contributed by atoms with Crippen molar-refractivity contribution in [1.29, 1.82) is 0 Å². The lowest BCUT2D eigenvalue weighted by Crippen LogP contribution is -2.15. The number of rotatable bonds is 38. The molecule has 0 fully saturated rings. The van der Waals surface area contributed by atoms with E-state index in [-0.39, 0.29) is 12.6 Å². The summed E-state index contributed by atoms with van der Waals surface area (Å²) < 4.78 is 59.2. The van der Waals surface area contributed by atoms with Crippen LogP contribution in [0.15, 0.2) is 0 Å². The molecule has 0 radical (unpaired) electrons. The van der Waals surface area contributed by atoms with E-state index in [2.05, 4.69) is 12.8 Å². The van der Waals surface area contributed by atoms with Crippen molar-refractivity contribution in [3.05, 3.63) is 0 Å². The molecule has 0 aromatic rings. The molecule has 0 saturated carbocycles. The van der Waals surface area contributed by atoms with E-state index in [4.69, 9.17) is 58.5 Å². The van der Waals surface area contributed by atoms with Gasteiger partial charge in [-0.1, -0.05) is 44.9 Å². The molecule has 0 atom stereocenters. The van der Waals surface area contributed by atoms with Gasteiger partial charge in [-0.05, 0) is 6.42 Å². The molecule has 0 aliphatic carbocycles. The number of unbranched alkanes of at least 4 members (excludes halogenated alkanes) is 5. The second-order valence-electron chi connectivity index (χ2n) is 9.51. The lowest BCUT2D eigenvalue weighted by atomic mass is 10.1. The van der Waals surface area contributed by atoms with Crippen molar-refractivity contribution in [2.45, 2.75) is 51.9 Å². The van der Waals surface area contributed by atoms with Crippen molar-refractivity contribution in [2.75, 3.05) is 139 Å². The molecule has 12 nitrogen and oxygen atoms in total. The molecule has 0 unspecified atom stereocenters. The summed E-state index contributed by atoms with van der Waals surface area (Å²) in [7, 11) is 0. The highest BCUT2D eigenvalue weighted by Gasteiger charge is 2.02. The predicted octanol–water partition coefficient (Wildman–Crippen LogP) is 3.08. The van der Waals surface area contributed by atoms with Crippen molar-refractivity contribution in [3.8, 4) is 12.3 Å². The van der Waals surface area contributed by atoms with Gasteiger partial charge >= 0.3 is 5.97 Å². The van der Waals surface area contributed by atoms with E-state index < -0.39 is 0 Å². The Balaban J connectivity index is 3.09. The molecule has 0 aromatic heterocycles. The van der Waals surface area contributed by atoms with Crippen LogP contribution >= 0.6 is 0 Å². The fraction of sp³-hybridized carbons (Fsp3) is 0.906. The maximum atomic E-state index is 11.6. The SMILES string of the molecule is C#CCOCCOCCOCCOCCOCCOCCOCCOCCOCCOCCOC(=O)CCCCCCCC. The number of esters is 1. The third-order valence-corrected chi connectivity index (χ3v) is 5.76. The summed E-state index contributed by atoms with van der Waals surface area (Å²) in [4.78, 5) is 11.6. The monoisotopic (exact) mass is 636 g/mol. The van der Waals surface area contributed by atoms with Gasteiger partial charge in [0, 0.05) is 6.42 Å². The molecule has 0 amide bonds. The smallest absolute Gasteiger partial charge is 0.305 e. The van der Waals surface area contributed by atoms with Gasteiger partial charge in [0.15, 0.2) is 0 Å². The van der Waals surface area contributed by atoms with Gasteiger partial charge in [0.1, 0.15) is 13.2 Å². The highest BCUT2D eigenvalue weighted by molar-refractivity contribution is 5.69.